The summed E-state index contributed by atoms with van der Waals surface area (Å²) in [4.78, 5) is 0. The molecule has 0 aromatic carbocycles. The molecule has 2 atom stereocenters. The minimum absolute atomic E-state index is 0.123. The Labute approximate surface area is 111 Å². The van der Waals surface area contributed by atoms with Gasteiger partial charge in [0, 0.05) is 19.2 Å². The van der Waals surface area contributed by atoms with E-state index in [2.05, 4.69) is 11.4 Å². The van der Waals surface area contributed by atoms with Gasteiger partial charge in [-0.2, -0.15) is 0 Å². The lowest BCUT2D eigenvalue weighted by Gasteiger charge is -2.40. The van der Waals surface area contributed by atoms with Crippen molar-refractivity contribution in [2.45, 2.75) is 63.0 Å². The number of methoxy groups -OCH3 is 1. The van der Waals surface area contributed by atoms with Crippen LogP contribution in [0.15, 0.2) is 11.6 Å². The van der Waals surface area contributed by atoms with E-state index < -0.39 is 0 Å². The highest BCUT2D eigenvalue weighted by atomic mass is 16.5. The van der Waals surface area contributed by atoms with Gasteiger partial charge >= 0.3 is 0 Å². The van der Waals surface area contributed by atoms with Crippen LogP contribution in [-0.4, -0.2) is 31.8 Å². The summed E-state index contributed by atoms with van der Waals surface area (Å²) < 4.78 is 5.52. The molecule has 18 heavy (non-hydrogen) atoms. The molecule has 0 amide bonds. The maximum absolute atomic E-state index is 6.02. The Morgan fingerprint density at radius 3 is 3.06 bits per heavy atom. The summed E-state index contributed by atoms with van der Waals surface area (Å²) in [5, 5.41) is 3.73. The fraction of sp³-hybridized carbons (Fsp3) is 0.867. The van der Waals surface area contributed by atoms with Gasteiger partial charge in [0.05, 0.1) is 6.10 Å². The van der Waals surface area contributed by atoms with Gasteiger partial charge in [-0.3, -0.25) is 0 Å². The van der Waals surface area contributed by atoms with E-state index >= 15 is 0 Å². The smallest absolute Gasteiger partial charge is 0.0589 e. The average molecular weight is 252 g/mol. The maximum Gasteiger partial charge on any atom is 0.0589 e. The molecule has 1 fully saturated rings. The summed E-state index contributed by atoms with van der Waals surface area (Å²) in [5.41, 5.74) is 7.77. The Morgan fingerprint density at radius 2 is 2.39 bits per heavy atom. The summed E-state index contributed by atoms with van der Waals surface area (Å²) in [5.74, 6) is 0. The first kappa shape index (κ1) is 14.0. The van der Waals surface area contributed by atoms with Crippen LogP contribution in [0.2, 0.25) is 0 Å². The van der Waals surface area contributed by atoms with Gasteiger partial charge in [-0.15, -0.1) is 0 Å². The molecule has 2 aliphatic rings. The summed E-state index contributed by atoms with van der Waals surface area (Å²) in [6.45, 7) is 1.80. The number of nitrogens with two attached hydrogens (primary N) is 1. The van der Waals surface area contributed by atoms with Crippen molar-refractivity contribution in [1.29, 1.82) is 0 Å². The van der Waals surface area contributed by atoms with Crippen molar-refractivity contribution in [3.8, 4) is 0 Å². The Bertz CT molecular complexity index is 290. The summed E-state index contributed by atoms with van der Waals surface area (Å²) in [6.07, 6.45) is 12.6. The van der Waals surface area contributed by atoms with Crippen molar-refractivity contribution in [3.63, 3.8) is 0 Å². The minimum atomic E-state index is 0.123. The number of rotatable bonds is 6. The van der Waals surface area contributed by atoms with Crippen molar-refractivity contribution in [1.82, 2.24) is 5.32 Å². The van der Waals surface area contributed by atoms with Crippen molar-refractivity contribution in [3.05, 3.63) is 11.6 Å². The van der Waals surface area contributed by atoms with Crippen LogP contribution in [0.3, 0.4) is 0 Å². The van der Waals surface area contributed by atoms with E-state index in [-0.39, 0.29) is 5.54 Å². The Kier molecular flexibility index (Phi) is 5.22. The number of hydrogen-bond acceptors (Lipinski definition) is 3. The number of ether oxygens (including phenoxy) is 1. The molecule has 3 N–H and O–H groups in total. The SMILES string of the molecule is COC1CCCC(CN)(NCCC2=CCCC2)C1. The van der Waals surface area contributed by atoms with Gasteiger partial charge in [-0.25, -0.2) is 0 Å². The first-order valence-corrected chi connectivity index (χ1v) is 7.44. The molecule has 1 saturated carbocycles. The lowest BCUT2D eigenvalue weighted by Crippen LogP contribution is -2.55. The third-order valence-corrected chi connectivity index (χ3v) is 4.61. The van der Waals surface area contributed by atoms with E-state index in [0.29, 0.717) is 6.10 Å². The Hall–Kier alpha value is -0.380. The van der Waals surface area contributed by atoms with Gasteiger partial charge in [0.2, 0.25) is 0 Å². The highest BCUT2D eigenvalue weighted by Gasteiger charge is 2.34. The van der Waals surface area contributed by atoms with E-state index in [0.717, 1.165) is 19.5 Å². The molecular formula is C15H28N2O. The zero-order valence-corrected chi connectivity index (χ0v) is 11.7. The van der Waals surface area contributed by atoms with Gasteiger partial charge in [0.25, 0.3) is 0 Å². The van der Waals surface area contributed by atoms with Crippen molar-refractivity contribution in [2.75, 3.05) is 20.2 Å². The Morgan fingerprint density at radius 1 is 1.50 bits per heavy atom. The number of hydrogen-bond donors (Lipinski definition) is 2. The summed E-state index contributed by atoms with van der Waals surface area (Å²) in [7, 11) is 1.82. The van der Waals surface area contributed by atoms with Gasteiger partial charge in [-0.1, -0.05) is 11.6 Å². The van der Waals surface area contributed by atoms with Crippen molar-refractivity contribution >= 4 is 0 Å². The molecule has 104 valence electrons. The van der Waals surface area contributed by atoms with E-state index in [1.54, 1.807) is 5.57 Å². The molecule has 3 heteroatoms. The molecule has 0 saturated heterocycles. The normalized spacial score (nSPS) is 32.6. The standard InChI is InChI=1S/C15H28N2O/c1-18-14-7-4-9-15(11-14,12-16)17-10-8-13-5-2-3-6-13/h5,14,17H,2-4,6-12,16H2,1H3. The van der Waals surface area contributed by atoms with Gasteiger partial charge < -0.3 is 15.8 Å². The fourth-order valence-corrected chi connectivity index (χ4v) is 3.38. The lowest BCUT2D eigenvalue weighted by atomic mass is 9.80. The molecule has 2 rings (SSSR count). The van der Waals surface area contributed by atoms with Gasteiger partial charge in [0.15, 0.2) is 0 Å². The van der Waals surface area contributed by atoms with E-state index in [9.17, 15) is 0 Å². The lowest BCUT2D eigenvalue weighted by molar-refractivity contribution is 0.0331. The topological polar surface area (TPSA) is 47.3 Å². The van der Waals surface area contributed by atoms with Crippen molar-refractivity contribution < 1.29 is 4.74 Å². The molecule has 3 nitrogen and oxygen atoms in total. The summed E-state index contributed by atoms with van der Waals surface area (Å²) in [6, 6.07) is 0. The zero-order chi connectivity index (χ0) is 12.8. The first-order chi connectivity index (χ1) is 8.78. The maximum atomic E-state index is 6.02. The molecule has 0 radical (unpaired) electrons. The third-order valence-electron chi connectivity index (χ3n) is 4.61. The van der Waals surface area contributed by atoms with Crippen LogP contribution in [0.25, 0.3) is 0 Å². The highest BCUT2D eigenvalue weighted by Crippen LogP contribution is 2.29. The van der Waals surface area contributed by atoms with Gasteiger partial charge in [-0.05, 0) is 57.9 Å². The third kappa shape index (κ3) is 3.56. The number of nitrogens with one attached hydrogen (secondary N) is 1. The molecule has 0 heterocycles. The minimum Gasteiger partial charge on any atom is -0.381 e. The fourth-order valence-electron chi connectivity index (χ4n) is 3.38. The molecule has 2 unspecified atom stereocenters. The number of allylic oxidation sites excluding steroid dienone is 1. The second kappa shape index (κ2) is 6.69. The first-order valence-electron chi connectivity index (χ1n) is 7.44. The van der Waals surface area contributed by atoms with Crippen LogP contribution in [0.5, 0.6) is 0 Å². The van der Waals surface area contributed by atoms with E-state index in [1.807, 2.05) is 7.11 Å². The molecule has 0 aliphatic heterocycles. The Balaban J connectivity index is 1.79. The van der Waals surface area contributed by atoms with Crippen LogP contribution in [0, 0.1) is 0 Å². The molecule has 0 aromatic heterocycles. The quantitative estimate of drug-likeness (QED) is 0.713. The molecule has 2 aliphatic carbocycles. The molecule has 0 aromatic rings. The average Bonchev–Trinajstić information content (AvgIpc) is 2.92. The van der Waals surface area contributed by atoms with Crippen LogP contribution in [-0.2, 0) is 4.74 Å². The summed E-state index contributed by atoms with van der Waals surface area (Å²) >= 11 is 0. The van der Waals surface area contributed by atoms with Gasteiger partial charge in [0.1, 0.15) is 0 Å². The highest BCUT2D eigenvalue weighted by molar-refractivity contribution is 5.08. The van der Waals surface area contributed by atoms with E-state index in [1.165, 1.54) is 44.9 Å². The second-order valence-electron chi connectivity index (χ2n) is 5.87. The van der Waals surface area contributed by atoms with Crippen LogP contribution >= 0.6 is 0 Å². The van der Waals surface area contributed by atoms with Crippen LogP contribution in [0.4, 0.5) is 0 Å². The van der Waals surface area contributed by atoms with E-state index in [4.69, 9.17) is 10.5 Å². The second-order valence-corrected chi connectivity index (χ2v) is 5.87. The zero-order valence-electron chi connectivity index (χ0n) is 11.7. The molecular weight excluding hydrogens is 224 g/mol. The molecule has 0 spiro atoms. The monoisotopic (exact) mass is 252 g/mol. The predicted molar refractivity (Wildman–Crippen MR) is 75.6 cm³/mol. The predicted octanol–water partition coefficient (Wildman–Crippen LogP) is 2.36. The molecule has 0 bridgehead atoms. The van der Waals surface area contributed by atoms with Crippen LogP contribution < -0.4 is 11.1 Å². The van der Waals surface area contributed by atoms with Crippen molar-refractivity contribution in [2.24, 2.45) is 5.73 Å². The largest absolute Gasteiger partial charge is 0.381 e. The van der Waals surface area contributed by atoms with Crippen LogP contribution in [0.1, 0.15) is 51.4 Å².